The molecule has 3 rings (SSSR count). The van der Waals surface area contributed by atoms with Crippen LogP contribution >= 0.6 is 0 Å². The Morgan fingerprint density at radius 3 is 2.25 bits per heavy atom. The lowest BCUT2D eigenvalue weighted by Gasteiger charge is -2.37. The number of hydrogen-bond donors (Lipinski definition) is 0. The fourth-order valence-electron chi connectivity index (χ4n) is 3.10. The maximum absolute atomic E-state index is 12.6. The maximum Gasteiger partial charge on any atom is 0.263 e. The summed E-state index contributed by atoms with van der Waals surface area (Å²) < 4.78 is 5.76. The second kappa shape index (κ2) is 7.39. The third kappa shape index (κ3) is 3.70. The molecule has 4 heteroatoms. The van der Waals surface area contributed by atoms with Crippen molar-refractivity contribution in [3.05, 3.63) is 60.2 Å². The van der Waals surface area contributed by atoms with Gasteiger partial charge in [0.1, 0.15) is 5.75 Å². The predicted molar refractivity (Wildman–Crippen MR) is 96.5 cm³/mol. The molecule has 1 fully saturated rings. The van der Waals surface area contributed by atoms with Crippen molar-refractivity contribution < 1.29 is 9.53 Å². The number of benzene rings is 2. The van der Waals surface area contributed by atoms with Crippen LogP contribution in [0.15, 0.2) is 54.6 Å². The molecule has 1 amide bonds. The Hall–Kier alpha value is -2.49. The summed E-state index contributed by atoms with van der Waals surface area (Å²) in [6.07, 6.45) is -0.461. The standard InChI is InChI=1S/C20H24N2O2/c1-16-8-6-7-11-19(16)21-12-14-22(15-13-21)20(23)17(2)24-18-9-4-3-5-10-18/h3-11,17H,12-15H2,1-2H3/t17-/m1/s1. The number of anilines is 1. The van der Waals surface area contributed by atoms with Crippen molar-refractivity contribution in [1.82, 2.24) is 4.90 Å². The Kier molecular flexibility index (Phi) is 5.04. The number of carbonyl (C=O) groups excluding carboxylic acids is 1. The van der Waals surface area contributed by atoms with Crippen LogP contribution in [0.4, 0.5) is 5.69 Å². The second-order valence-electron chi connectivity index (χ2n) is 6.17. The predicted octanol–water partition coefficient (Wildman–Crippen LogP) is 3.11. The van der Waals surface area contributed by atoms with E-state index in [0.29, 0.717) is 0 Å². The number of amides is 1. The first-order valence-electron chi connectivity index (χ1n) is 8.46. The number of ether oxygens (including phenoxy) is 1. The third-order valence-corrected chi connectivity index (χ3v) is 4.45. The summed E-state index contributed by atoms with van der Waals surface area (Å²) >= 11 is 0. The molecular weight excluding hydrogens is 300 g/mol. The largest absolute Gasteiger partial charge is 0.481 e. The average molecular weight is 324 g/mol. The van der Waals surface area contributed by atoms with Gasteiger partial charge >= 0.3 is 0 Å². The van der Waals surface area contributed by atoms with E-state index in [1.165, 1.54) is 11.3 Å². The highest BCUT2D eigenvalue weighted by Crippen LogP contribution is 2.21. The summed E-state index contributed by atoms with van der Waals surface area (Å²) in [6.45, 7) is 7.13. The molecule has 1 aliphatic rings. The number of hydrogen-bond acceptors (Lipinski definition) is 3. The van der Waals surface area contributed by atoms with Crippen molar-refractivity contribution in [3.63, 3.8) is 0 Å². The van der Waals surface area contributed by atoms with Gasteiger partial charge in [-0.2, -0.15) is 0 Å². The molecule has 1 saturated heterocycles. The highest BCUT2D eigenvalue weighted by Gasteiger charge is 2.26. The molecule has 0 saturated carbocycles. The lowest BCUT2D eigenvalue weighted by molar-refractivity contribution is -0.138. The highest BCUT2D eigenvalue weighted by molar-refractivity contribution is 5.81. The molecule has 0 spiro atoms. The number of nitrogens with zero attached hydrogens (tertiary/aromatic N) is 2. The average Bonchev–Trinajstić information content (AvgIpc) is 2.62. The van der Waals surface area contributed by atoms with Crippen LogP contribution in [-0.2, 0) is 4.79 Å². The van der Waals surface area contributed by atoms with Gasteiger partial charge in [0.05, 0.1) is 0 Å². The van der Waals surface area contributed by atoms with Gasteiger partial charge in [0.2, 0.25) is 0 Å². The molecule has 0 aliphatic carbocycles. The topological polar surface area (TPSA) is 32.8 Å². The summed E-state index contributed by atoms with van der Waals surface area (Å²) in [5.41, 5.74) is 2.54. The number of carbonyl (C=O) groups is 1. The van der Waals surface area contributed by atoms with Gasteiger partial charge in [-0.3, -0.25) is 4.79 Å². The van der Waals surface area contributed by atoms with Crippen LogP contribution in [0, 0.1) is 6.92 Å². The fourth-order valence-corrected chi connectivity index (χ4v) is 3.10. The zero-order chi connectivity index (χ0) is 16.9. The second-order valence-corrected chi connectivity index (χ2v) is 6.17. The minimum Gasteiger partial charge on any atom is -0.481 e. The molecule has 1 heterocycles. The zero-order valence-electron chi connectivity index (χ0n) is 14.3. The monoisotopic (exact) mass is 324 g/mol. The van der Waals surface area contributed by atoms with E-state index in [9.17, 15) is 4.79 Å². The smallest absolute Gasteiger partial charge is 0.263 e. The van der Waals surface area contributed by atoms with Gasteiger partial charge < -0.3 is 14.5 Å². The van der Waals surface area contributed by atoms with E-state index in [-0.39, 0.29) is 5.91 Å². The molecule has 1 aliphatic heterocycles. The molecule has 0 bridgehead atoms. The number of rotatable bonds is 4. The molecule has 0 aromatic heterocycles. The number of para-hydroxylation sites is 2. The van der Waals surface area contributed by atoms with Crippen molar-refractivity contribution in [3.8, 4) is 5.75 Å². The molecule has 0 N–H and O–H groups in total. The van der Waals surface area contributed by atoms with E-state index < -0.39 is 6.10 Å². The van der Waals surface area contributed by atoms with E-state index in [1.54, 1.807) is 0 Å². The van der Waals surface area contributed by atoms with Gasteiger partial charge in [-0.15, -0.1) is 0 Å². The Morgan fingerprint density at radius 1 is 0.958 bits per heavy atom. The molecular formula is C20H24N2O2. The van der Waals surface area contributed by atoms with Gasteiger partial charge in [-0.1, -0.05) is 36.4 Å². The van der Waals surface area contributed by atoms with E-state index in [2.05, 4.69) is 36.1 Å². The van der Waals surface area contributed by atoms with Crippen molar-refractivity contribution in [2.24, 2.45) is 0 Å². The van der Waals surface area contributed by atoms with Crippen LogP contribution in [0.25, 0.3) is 0 Å². The first-order chi connectivity index (χ1) is 11.6. The Morgan fingerprint density at radius 2 is 1.58 bits per heavy atom. The zero-order valence-corrected chi connectivity index (χ0v) is 14.3. The minimum absolute atomic E-state index is 0.0586. The first-order valence-corrected chi connectivity index (χ1v) is 8.46. The van der Waals surface area contributed by atoms with Crippen molar-refractivity contribution in [1.29, 1.82) is 0 Å². The number of piperazine rings is 1. The molecule has 2 aromatic rings. The molecule has 0 radical (unpaired) electrons. The van der Waals surface area contributed by atoms with Crippen molar-refractivity contribution in [2.75, 3.05) is 31.1 Å². The van der Waals surface area contributed by atoms with Gasteiger partial charge in [-0.05, 0) is 37.6 Å². The van der Waals surface area contributed by atoms with E-state index >= 15 is 0 Å². The van der Waals surface area contributed by atoms with Gasteiger partial charge in [0.25, 0.3) is 5.91 Å². The van der Waals surface area contributed by atoms with Crippen LogP contribution < -0.4 is 9.64 Å². The van der Waals surface area contributed by atoms with Crippen LogP contribution in [-0.4, -0.2) is 43.1 Å². The molecule has 2 aromatic carbocycles. The lowest BCUT2D eigenvalue weighted by atomic mass is 10.1. The SMILES string of the molecule is Cc1ccccc1N1CCN(C(=O)[C@@H](C)Oc2ccccc2)CC1. The molecule has 4 nitrogen and oxygen atoms in total. The Balaban J connectivity index is 1.56. The Labute approximate surface area is 143 Å². The summed E-state index contributed by atoms with van der Waals surface area (Å²) in [5, 5.41) is 0. The van der Waals surface area contributed by atoms with E-state index in [0.717, 1.165) is 31.9 Å². The highest BCUT2D eigenvalue weighted by atomic mass is 16.5. The van der Waals surface area contributed by atoms with Crippen LogP contribution in [0.1, 0.15) is 12.5 Å². The summed E-state index contributed by atoms with van der Waals surface area (Å²) in [5.74, 6) is 0.792. The van der Waals surface area contributed by atoms with E-state index in [4.69, 9.17) is 4.74 Å². The molecule has 126 valence electrons. The Bertz CT molecular complexity index is 679. The third-order valence-electron chi connectivity index (χ3n) is 4.45. The molecule has 0 unspecified atom stereocenters. The van der Waals surface area contributed by atoms with E-state index in [1.807, 2.05) is 42.2 Å². The molecule has 24 heavy (non-hydrogen) atoms. The van der Waals surface area contributed by atoms with Crippen molar-refractivity contribution >= 4 is 11.6 Å². The maximum atomic E-state index is 12.6. The van der Waals surface area contributed by atoms with Gasteiger partial charge in [-0.25, -0.2) is 0 Å². The fraction of sp³-hybridized carbons (Fsp3) is 0.350. The molecule has 1 atom stereocenters. The first kappa shape index (κ1) is 16.4. The van der Waals surface area contributed by atoms with Gasteiger partial charge in [0, 0.05) is 31.9 Å². The van der Waals surface area contributed by atoms with Crippen LogP contribution in [0.2, 0.25) is 0 Å². The summed E-state index contributed by atoms with van der Waals surface area (Å²) in [7, 11) is 0. The van der Waals surface area contributed by atoms with Gasteiger partial charge in [0.15, 0.2) is 6.10 Å². The van der Waals surface area contributed by atoms with Crippen LogP contribution in [0.5, 0.6) is 5.75 Å². The summed E-state index contributed by atoms with van der Waals surface area (Å²) in [4.78, 5) is 16.8. The summed E-state index contributed by atoms with van der Waals surface area (Å²) in [6, 6.07) is 17.9. The normalized spacial score (nSPS) is 15.9. The quantitative estimate of drug-likeness (QED) is 0.866. The van der Waals surface area contributed by atoms with Crippen LogP contribution in [0.3, 0.4) is 0 Å². The lowest BCUT2D eigenvalue weighted by Crippen LogP contribution is -2.52. The van der Waals surface area contributed by atoms with Crippen molar-refractivity contribution in [2.45, 2.75) is 20.0 Å². The minimum atomic E-state index is -0.461. The number of aryl methyl sites for hydroxylation is 1.